The molecule has 0 aromatic heterocycles. The van der Waals surface area contributed by atoms with Gasteiger partial charge in [0.1, 0.15) is 6.04 Å². The molecule has 2 atom stereocenters. The van der Waals surface area contributed by atoms with Crippen molar-refractivity contribution >= 4 is 17.8 Å². The molecule has 21 heavy (non-hydrogen) atoms. The molecule has 1 rings (SSSR count). The summed E-state index contributed by atoms with van der Waals surface area (Å²) in [7, 11) is 1.35. The highest BCUT2D eigenvalue weighted by atomic mass is 16.5. The third kappa shape index (κ3) is 5.02. The van der Waals surface area contributed by atoms with Crippen molar-refractivity contribution in [3.05, 3.63) is 0 Å². The normalized spacial score (nSPS) is 20.0. The Morgan fingerprint density at radius 2 is 1.95 bits per heavy atom. The number of piperidine rings is 1. The van der Waals surface area contributed by atoms with Crippen LogP contribution in [0.5, 0.6) is 0 Å². The lowest BCUT2D eigenvalue weighted by atomic mass is 9.95. The first-order chi connectivity index (χ1) is 9.86. The molecule has 0 bridgehead atoms. The number of nitrogens with zero attached hydrogens (tertiary/aromatic N) is 1. The minimum Gasteiger partial charge on any atom is -0.469 e. The molecule has 120 valence electrons. The van der Waals surface area contributed by atoms with E-state index < -0.39 is 6.04 Å². The minimum absolute atomic E-state index is 0.00195. The highest BCUT2D eigenvalue weighted by molar-refractivity contribution is 5.87. The molecule has 2 unspecified atom stereocenters. The number of esters is 1. The van der Waals surface area contributed by atoms with Crippen LogP contribution in [0.1, 0.15) is 46.5 Å². The number of ether oxygens (including phenoxy) is 1. The minimum atomic E-state index is -0.541. The average Bonchev–Trinajstić information content (AvgIpc) is 2.44. The summed E-state index contributed by atoms with van der Waals surface area (Å²) in [6.07, 6.45) is 2.94. The van der Waals surface area contributed by atoms with Gasteiger partial charge in [0.25, 0.3) is 0 Å². The van der Waals surface area contributed by atoms with Crippen LogP contribution in [-0.4, -0.2) is 48.4 Å². The van der Waals surface area contributed by atoms with E-state index in [1.807, 2.05) is 13.8 Å². The van der Waals surface area contributed by atoms with Gasteiger partial charge >= 0.3 is 5.97 Å². The van der Waals surface area contributed by atoms with E-state index in [0.717, 1.165) is 19.3 Å². The Kier molecular flexibility index (Phi) is 6.65. The summed E-state index contributed by atoms with van der Waals surface area (Å²) in [5.74, 6) is -0.625. The van der Waals surface area contributed by atoms with E-state index in [-0.39, 0.29) is 36.2 Å². The summed E-state index contributed by atoms with van der Waals surface area (Å²) >= 11 is 0. The van der Waals surface area contributed by atoms with Crippen LogP contribution in [0.25, 0.3) is 0 Å². The maximum absolute atomic E-state index is 12.7. The molecule has 0 radical (unpaired) electrons. The van der Waals surface area contributed by atoms with Crippen molar-refractivity contribution in [3.8, 4) is 0 Å². The van der Waals surface area contributed by atoms with E-state index in [9.17, 15) is 14.4 Å². The van der Waals surface area contributed by atoms with Gasteiger partial charge in [0.05, 0.1) is 13.5 Å². The summed E-state index contributed by atoms with van der Waals surface area (Å²) < 4.78 is 4.71. The Morgan fingerprint density at radius 3 is 2.48 bits per heavy atom. The zero-order chi connectivity index (χ0) is 16.0. The molecule has 6 heteroatoms. The molecule has 1 aliphatic heterocycles. The van der Waals surface area contributed by atoms with Gasteiger partial charge in [-0.1, -0.05) is 13.8 Å². The molecule has 0 saturated carbocycles. The number of carbonyl (C=O) groups is 3. The van der Waals surface area contributed by atoms with Crippen LogP contribution in [0.2, 0.25) is 0 Å². The molecule has 1 saturated heterocycles. The molecule has 2 amide bonds. The fourth-order valence-electron chi connectivity index (χ4n) is 2.69. The van der Waals surface area contributed by atoms with E-state index in [2.05, 4.69) is 5.32 Å². The monoisotopic (exact) mass is 298 g/mol. The first-order valence-electron chi connectivity index (χ1n) is 7.51. The lowest BCUT2D eigenvalue weighted by Gasteiger charge is -2.38. The van der Waals surface area contributed by atoms with E-state index >= 15 is 0 Å². The van der Waals surface area contributed by atoms with E-state index in [0.29, 0.717) is 6.54 Å². The molecule has 0 aromatic rings. The van der Waals surface area contributed by atoms with E-state index in [1.54, 1.807) is 4.90 Å². The lowest BCUT2D eigenvalue weighted by molar-refractivity contribution is -0.146. The third-order valence-electron chi connectivity index (χ3n) is 3.83. The number of methoxy groups -OCH3 is 1. The quantitative estimate of drug-likeness (QED) is 0.771. The first-order valence-corrected chi connectivity index (χ1v) is 7.51. The molecule has 1 N–H and O–H groups in total. The fourth-order valence-corrected chi connectivity index (χ4v) is 2.69. The topological polar surface area (TPSA) is 75.7 Å². The van der Waals surface area contributed by atoms with Crippen molar-refractivity contribution in [1.82, 2.24) is 10.2 Å². The molecule has 0 spiro atoms. The van der Waals surface area contributed by atoms with Gasteiger partial charge in [-0.2, -0.15) is 0 Å². The van der Waals surface area contributed by atoms with Gasteiger partial charge in [-0.15, -0.1) is 0 Å². The lowest BCUT2D eigenvalue weighted by Crippen LogP contribution is -2.55. The predicted molar refractivity (Wildman–Crippen MR) is 78.4 cm³/mol. The van der Waals surface area contributed by atoms with Crippen molar-refractivity contribution in [1.29, 1.82) is 0 Å². The van der Waals surface area contributed by atoms with Crippen LogP contribution >= 0.6 is 0 Å². The number of hydrogen-bond acceptors (Lipinski definition) is 4. The van der Waals surface area contributed by atoms with E-state index in [1.165, 1.54) is 14.0 Å². The molecule has 0 aliphatic carbocycles. The third-order valence-corrected chi connectivity index (χ3v) is 3.83. The van der Waals surface area contributed by atoms with Crippen molar-refractivity contribution in [2.45, 2.75) is 58.5 Å². The predicted octanol–water partition coefficient (Wildman–Crippen LogP) is 1.09. The summed E-state index contributed by atoms with van der Waals surface area (Å²) in [4.78, 5) is 37.2. The van der Waals surface area contributed by atoms with Gasteiger partial charge in [0.15, 0.2) is 0 Å². The Labute approximate surface area is 126 Å². The summed E-state index contributed by atoms with van der Waals surface area (Å²) in [5.41, 5.74) is 0. The summed E-state index contributed by atoms with van der Waals surface area (Å²) in [6.45, 7) is 5.84. The summed E-state index contributed by atoms with van der Waals surface area (Å²) in [6, 6.07) is -0.672. The maximum Gasteiger partial charge on any atom is 0.307 e. The smallest absolute Gasteiger partial charge is 0.307 e. The van der Waals surface area contributed by atoms with Crippen LogP contribution < -0.4 is 5.32 Å². The Bertz CT molecular complexity index is 395. The zero-order valence-electron chi connectivity index (χ0n) is 13.3. The van der Waals surface area contributed by atoms with Crippen molar-refractivity contribution < 1.29 is 19.1 Å². The fraction of sp³-hybridized carbons (Fsp3) is 0.800. The molecule has 1 aliphatic rings. The van der Waals surface area contributed by atoms with Gasteiger partial charge in [0.2, 0.25) is 11.8 Å². The van der Waals surface area contributed by atoms with E-state index in [4.69, 9.17) is 4.74 Å². The zero-order valence-corrected chi connectivity index (χ0v) is 13.3. The van der Waals surface area contributed by atoms with Gasteiger partial charge in [0, 0.05) is 19.5 Å². The Balaban J connectivity index is 2.83. The van der Waals surface area contributed by atoms with Crippen LogP contribution in [0.4, 0.5) is 0 Å². The maximum atomic E-state index is 12.7. The second-order valence-electron chi connectivity index (χ2n) is 5.88. The van der Waals surface area contributed by atoms with Crippen LogP contribution in [0.15, 0.2) is 0 Å². The molecular formula is C15H26N2O4. The van der Waals surface area contributed by atoms with Gasteiger partial charge in [-0.25, -0.2) is 0 Å². The average molecular weight is 298 g/mol. The van der Waals surface area contributed by atoms with Crippen molar-refractivity contribution in [3.63, 3.8) is 0 Å². The first kappa shape index (κ1) is 17.5. The second kappa shape index (κ2) is 8.00. The summed E-state index contributed by atoms with van der Waals surface area (Å²) in [5, 5.41) is 2.72. The largest absolute Gasteiger partial charge is 0.469 e. The molecule has 6 nitrogen and oxygen atoms in total. The molecule has 0 aromatic carbocycles. The van der Waals surface area contributed by atoms with Crippen LogP contribution in [-0.2, 0) is 19.1 Å². The van der Waals surface area contributed by atoms with Gasteiger partial charge in [-0.3, -0.25) is 14.4 Å². The molecular weight excluding hydrogens is 272 g/mol. The number of carbonyl (C=O) groups excluding carboxylic acids is 3. The van der Waals surface area contributed by atoms with Crippen LogP contribution in [0.3, 0.4) is 0 Å². The van der Waals surface area contributed by atoms with Gasteiger partial charge < -0.3 is 15.0 Å². The Morgan fingerprint density at radius 1 is 1.29 bits per heavy atom. The van der Waals surface area contributed by atoms with Gasteiger partial charge in [-0.05, 0) is 25.2 Å². The number of nitrogens with one attached hydrogen (secondary N) is 1. The Hall–Kier alpha value is -1.59. The van der Waals surface area contributed by atoms with Crippen LogP contribution in [0, 0.1) is 5.92 Å². The van der Waals surface area contributed by atoms with Crippen molar-refractivity contribution in [2.75, 3.05) is 13.7 Å². The molecule has 1 fully saturated rings. The number of hydrogen-bond donors (Lipinski definition) is 1. The number of likely N-dealkylation sites (tertiary alicyclic amines) is 1. The molecule has 1 heterocycles. The highest BCUT2D eigenvalue weighted by Gasteiger charge is 2.34. The standard InChI is InChI=1S/C15H26N2O4/c1-10(2)14(16-11(3)18)15(20)17-8-6-5-7-12(17)9-13(19)21-4/h10,12,14H,5-9H2,1-4H3,(H,16,18). The number of amides is 2. The highest BCUT2D eigenvalue weighted by Crippen LogP contribution is 2.22. The number of rotatable bonds is 5. The van der Waals surface area contributed by atoms with Crippen molar-refractivity contribution in [2.24, 2.45) is 5.92 Å². The SMILES string of the molecule is COC(=O)CC1CCCCN1C(=O)C(NC(C)=O)C(C)C. The second-order valence-corrected chi connectivity index (χ2v) is 5.88.